The minimum atomic E-state index is -4.08. The first kappa shape index (κ1) is 17.0. The zero-order valence-electron chi connectivity index (χ0n) is 13.4. The van der Waals surface area contributed by atoms with E-state index in [1.165, 1.54) is 13.0 Å². The molecular weight excluding hydrogens is 347 g/mol. The van der Waals surface area contributed by atoms with Crippen LogP contribution in [0.15, 0.2) is 41.3 Å². The summed E-state index contributed by atoms with van der Waals surface area (Å²) >= 11 is 0. The van der Waals surface area contributed by atoms with Gasteiger partial charge in [0.1, 0.15) is 11.5 Å². The number of carboxylic acids is 1. The molecule has 0 unspecified atom stereocenters. The fraction of sp³-hybridized carbons (Fsp3) is 0.118. The van der Waals surface area contributed by atoms with Gasteiger partial charge in [-0.05, 0) is 49.7 Å². The molecule has 25 heavy (non-hydrogen) atoms. The largest absolute Gasteiger partial charge is 0.477 e. The monoisotopic (exact) mass is 362 g/mol. The fourth-order valence-electron chi connectivity index (χ4n) is 2.55. The Balaban J connectivity index is 2.15. The van der Waals surface area contributed by atoms with E-state index in [9.17, 15) is 22.7 Å². The van der Waals surface area contributed by atoms with Crippen molar-refractivity contribution in [3.8, 4) is 0 Å². The molecular formula is C17H15FN2O4S. The van der Waals surface area contributed by atoms with Crippen molar-refractivity contribution in [2.24, 2.45) is 0 Å². The van der Waals surface area contributed by atoms with E-state index in [2.05, 4.69) is 9.71 Å². The molecule has 0 atom stereocenters. The van der Waals surface area contributed by atoms with Crippen LogP contribution in [0.1, 0.15) is 21.6 Å². The molecule has 0 amide bonds. The molecule has 1 heterocycles. The van der Waals surface area contributed by atoms with Crippen molar-refractivity contribution >= 4 is 32.6 Å². The Bertz CT molecular complexity index is 1100. The third-order valence-corrected chi connectivity index (χ3v) is 5.19. The Kier molecular flexibility index (Phi) is 4.00. The van der Waals surface area contributed by atoms with Crippen molar-refractivity contribution in [1.82, 2.24) is 4.98 Å². The Morgan fingerprint density at radius 1 is 1.16 bits per heavy atom. The van der Waals surface area contributed by atoms with Crippen molar-refractivity contribution in [1.29, 1.82) is 0 Å². The Hall–Kier alpha value is -2.87. The number of hydrogen-bond donors (Lipinski definition) is 3. The number of H-pyrrole nitrogens is 1. The van der Waals surface area contributed by atoms with Gasteiger partial charge in [0.15, 0.2) is 0 Å². The van der Waals surface area contributed by atoms with Gasteiger partial charge in [0.2, 0.25) is 0 Å². The number of aromatic nitrogens is 1. The first-order chi connectivity index (χ1) is 11.7. The zero-order valence-corrected chi connectivity index (χ0v) is 14.2. The molecule has 0 spiro atoms. The second-order valence-corrected chi connectivity index (χ2v) is 7.43. The zero-order chi connectivity index (χ0) is 18.4. The predicted octanol–water partition coefficient (Wildman–Crippen LogP) is 3.42. The van der Waals surface area contributed by atoms with E-state index < -0.39 is 21.8 Å². The van der Waals surface area contributed by atoms with Gasteiger partial charge in [-0.25, -0.2) is 17.6 Å². The average molecular weight is 362 g/mol. The number of benzene rings is 2. The molecule has 0 aliphatic rings. The number of aromatic amines is 1. The second kappa shape index (κ2) is 5.89. The van der Waals surface area contributed by atoms with E-state index in [1.807, 2.05) is 6.92 Å². The number of nitrogens with one attached hydrogen (secondary N) is 2. The minimum Gasteiger partial charge on any atom is -0.477 e. The number of aryl methyl sites for hydroxylation is 2. The highest BCUT2D eigenvalue weighted by molar-refractivity contribution is 7.92. The molecule has 3 N–H and O–H groups in total. The number of carboxylic acid groups (broad SMARTS) is 1. The molecule has 1 aromatic heterocycles. The number of sulfonamides is 1. The standard InChI is InChI=1S/C17H15FN2O4S/c1-9-3-6-14-12(7-9)15(16(19-14)17(21)22)20-25(23,24)11-4-5-13(18)10(2)8-11/h3-8,19-20H,1-2H3,(H,21,22). The third kappa shape index (κ3) is 3.08. The molecule has 0 fully saturated rings. The smallest absolute Gasteiger partial charge is 0.354 e. The predicted molar refractivity (Wildman–Crippen MR) is 91.9 cm³/mol. The van der Waals surface area contributed by atoms with Crippen molar-refractivity contribution < 1.29 is 22.7 Å². The summed E-state index contributed by atoms with van der Waals surface area (Å²) in [6.07, 6.45) is 0. The molecule has 3 rings (SSSR count). The van der Waals surface area contributed by atoms with Gasteiger partial charge in [0.25, 0.3) is 10.0 Å². The molecule has 3 aromatic rings. The molecule has 6 nitrogen and oxygen atoms in total. The van der Waals surface area contributed by atoms with Gasteiger partial charge in [-0.1, -0.05) is 11.6 Å². The van der Waals surface area contributed by atoms with Gasteiger partial charge in [0.05, 0.1) is 10.6 Å². The highest BCUT2D eigenvalue weighted by atomic mass is 32.2. The maximum atomic E-state index is 13.4. The highest BCUT2D eigenvalue weighted by Gasteiger charge is 2.23. The lowest BCUT2D eigenvalue weighted by atomic mass is 10.1. The van der Waals surface area contributed by atoms with Gasteiger partial charge in [-0.3, -0.25) is 4.72 Å². The van der Waals surface area contributed by atoms with Gasteiger partial charge in [-0.2, -0.15) is 0 Å². The van der Waals surface area contributed by atoms with Crippen LogP contribution < -0.4 is 4.72 Å². The number of fused-ring (bicyclic) bond motifs is 1. The molecule has 0 aliphatic heterocycles. The number of aromatic carboxylic acids is 1. The topological polar surface area (TPSA) is 99.3 Å². The number of halogens is 1. The number of rotatable bonds is 4. The summed E-state index contributed by atoms with van der Waals surface area (Å²) in [5, 5.41) is 9.81. The first-order valence-electron chi connectivity index (χ1n) is 7.33. The quantitative estimate of drug-likeness (QED) is 0.662. The maximum absolute atomic E-state index is 13.4. The van der Waals surface area contributed by atoms with Gasteiger partial charge >= 0.3 is 5.97 Å². The SMILES string of the molecule is Cc1ccc2[nH]c(C(=O)O)c(NS(=O)(=O)c3ccc(F)c(C)c3)c2c1. The van der Waals surface area contributed by atoms with Crippen molar-refractivity contribution in [2.45, 2.75) is 18.7 Å². The summed E-state index contributed by atoms with van der Waals surface area (Å²) in [5.74, 6) is -1.81. The minimum absolute atomic E-state index is 0.0480. The second-order valence-electron chi connectivity index (χ2n) is 5.75. The van der Waals surface area contributed by atoms with Crippen LogP contribution >= 0.6 is 0 Å². The van der Waals surface area contributed by atoms with Crippen LogP contribution in [0, 0.1) is 19.7 Å². The van der Waals surface area contributed by atoms with Gasteiger partial charge in [-0.15, -0.1) is 0 Å². The summed E-state index contributed by atoms with van der Waals surface area (Å²) in [6, 6.07) is 8.53. The van der Waals surface area contributed by atoms with E-state index in [-0.39, 0.29) is 21.8 Å². The summed E-state index contributed by atoms with van der Waals surface area (Å²) in [5.41, 5.74) is 1.21. The van der Waals surface area contributed by atoms with E-state index in [4.69, 9.17) is 0 Å². The third-order valence-electron chi connectivity index (χ3n) is 3.84. The molecule has 8 heteroatoms. The van der Waals surface area contributed by atoms with Gasteiger partial charge < -0.3 is 10.1 Å². The highest BCUT2D eigenvalue weighted by Crippen LogP contribution is 2.31. The Labute approximate surface area is 143 Å². The summed E-state index contributed by atoms with van der Waals surface area (Å²) in [6.45, 7) is 3.26. The number of anilines is 1. The Morgan fingerprint density at radius 3 is 2.52 bits per heavy atom. The van der Waals surface area contributed by atoms with E-state index in [0.717, 1.165) is 17.7 Å². The van der Waals surface area contributed by atoms with Crippen molar-refractivity contribution in [2.75, 3.05) is 4.72 Å². The summed E-state index contributed by atoms with van der Waals surface area (Å²) in [7, 11) is -4.08. The van der Waals surface area contributed by atoms with Crippen LogP contribution in [0.25, 0.3) is 10.9 Å². The van der Waals surface area contributed by atoms with Crippen LogP contribution in [-0.4, -0.2) is 24.5 Å². The van der Waals surface area contributed by atoms with Crippen molar-refractivity contribution in [3.63, 3.8) is 0 Å². The average Bonchev–Trinajstić information content (AvgIpc) is 2.87. The molecule has 130 valence electrons. The summed E-state index contributed by atoms with van der Waals surface area (Å²) < 4.78 is 41.0. The normalized spacial score (nSPS) is 11.6. The fourth-order valence-corrected chi connectivity index (χ4v) is 3.73. The maximum Gasteiger partial charge on any atom is 0.354 e. The molecule has 0 aliphatic carbocycles. The lowest BCUT2D eigenvalue weighted by molar-refractivity contribution is 0.0692. The molecule has 0 bridgehead atoms. The Morgan fingerprint density at radius 2 is 1.88 bits per heavy atom. The molecule has 0 radical (unpaired) electrons. The van der Waals surface area contributed by atoms with Crippen LogP contribution in [-0.2, 0) is 10.0 Å². The van der Waals surface area contributed by atoms with Crippen LogP contribution in [0.3, 0.4) is 0 Å². The first-order valence-corrected chi connectivity index (χ1v) is 8.82. The molecule has 0 saturated carbocycles. The lowest BCUT2D eigenvalue weighted by Gasteiger charge is -2.09. The van der Waals surface area contributed by atoms with E-state index >= 15 is 0 Å². The van der Waals surface area contributed by atoms with E-state index in [1.54, 1.807) is 18.2 Å². The number of carbonyl (C=O) groups is 1. The molecule has 0 saturated heterocycles. The molecule has 2 aromatic carbocycles. The van der Waals surface area contributed by atoms with Crippen molar-refractivity contribution in [3.05, 3.63) is 59.0 Å². The van der Waals surface area contributed by atoms with Crippen LogP contribution in [0.4, 0.5) is 10.1 Å². The lowest BCUT2D eigenvalue weighted by Crippen LogP contribution is -2.15. The van der Waals surface area contributed by atoms with E-state index in [0.29, 0.717) is 10.9 Å². The summed E-state index contributed by atoms with van der Waals surface area (Å²) in [4.78, 5) is 14.0. The van der Waals surface area contributed by atoms with Crippen LogP contribution in [0.5, 0.6) is 0 Å². The van der Waals surface area contributed by atoms with Crippen LogP contribution in [0.2, 0.25) is 0 Å². The number of hydrogen-bond acceptors (Lipinski definition) is 3. The van der Waals surface area contributed by atoms with Gasteiger partial charge in [0, 0.05) is 10.9 Å².